The summed E-state index contributed by atoms with van der Waals surface area (Å²) < 4.78 is 0. The number of aryl methyl sites for hydroxylation is 2. The van der Waals surface area contributed by atoms with Gasteiger partial charge in [-0.25, -0.2) is 0 Å². The Morgan fingerprint density at radius 1 is 1.25 bits per heavy atom. The molecule has 0 atom stereocenters. The molecule has 0 bridgehead atoms. The molecule has 16 heavy (non-hydrogen) atoms. The molecule has 1 aromatic carbocycles. The summed E-state index contributed by atoms with van der Waals surface area (Å²) in [6, 6.07) is 6.27. The third kappa shape index (κ3) is 2.32. The van der Waals surface area contributed by atoms with Crippen molar-refractivity contribution in [3.63, 3.8) is 0 Å². The Labute approximate surface area is 96.4 Å². The molecule has 0 unspecified atom stereocenters. The van der Waals surface area contributed by atoms with Gasteiger partial charge in [-0.05, 0) is 38.3 Å². The van der Waals surface area contributed by atoms with E-state index in [4.69, 9.17) is 0 Å². The fraction of sp³-hybridized carbons (Fsp3) is 0.357. The van der Waals surface area contributed by atoms with E-state index >= 15 is 0 Å². The number of ketones is 1. The molecule has 0 aliphatic heterocycles. The number of hydrogen-bond acceptors (Lipinski definition) is 2. The number of hydrogen-bond donors (Lipinski definition) is 1. The van der Waals surface area contributed by atoms with Crippen LogP contribution in [0.2, 0.25) is 0 Å². The van der Waals surface area contributed by atoms with Crippen molar-refractivity contribution >= 4 is 11.5 Å². The molecule has 0 radical (unpaired) electrons. The van der Waals surface area contributed by atoms with Gasteiger partial charge in [-0.15, -0.1) is 0 Å². The average molecular weight is 215 g/mol. The number of carbonyl (C=O) groups is 1. The summed E-state index contributed by atoms with van der Waals surface area (Å²) in [4.78, 5) is 11.4. The van der Waals surface area contributed by atoms with Gasteiger partial charge in [0.05, 0.1) is 0 Å². The number of anilines is 1. The maximum absolute atomic E-state index is 11.4. The van der Waals surface area contributed by atoms with E-state index < -0.39 is 0 Å². The largest absolute Gasteiger partial charge is 0.361 e. The first-order valence-corrected chi connectivity index (χ1v) is 5.73. The molecule has 1 aromatic rings. The van der Waals surface area contributed by atoms with Gasteiger partial charge in [-0.3, -0.25) is 4.79 Å². The van der Waals surface area contributed by atoms with Crippen molar-refractivity contribution in [3.8, 4) is 0 Å². The summed E-state index contributed by atoms with van der Waals surface area (Å²) in [6.45, 7) is 4.15. The molecule has 2 heteroatoms. The fourth-order valence-corrected chi connectivity index (χ4v) is 2.03. The summed E-state index contributed by atoms with van der Waals surface area (Å²) in [5.41, 5.74) is 4.48. The van der Waals surface area contributed by atoms with Gasteiger partial charge >= 0.3 is 0 Å². The van der Waals surface area contributed by atoms with E-state index in [1.807, 2.05) is 6.20 Å². The van der Waals surface area contributed by atoms with Crippen molar-refractivity contribution in [1.29, 1.82) is 0 Å². The van der Waals surface area contributed by atoms with Crippen molar-refractivity contribution in [1.82, 2.24) is 0 Å². The van der Waals surface area contributed by atoms with Gasteiger partial charge in [0.25, 0.3) is 0 Å². The van der Waals surface area contributed by atoms with E-state index in [1.54, 1.807) is 0 Å². The zero-order valence-corrected chi connectivity index (χ0v) is 9.84. The van der Waals surface area contributed by atoms with E-state index in [9.17, 15) is 4.79 Å². The molecule has 1 fully saturated rings. The first-order chi connectivity index (χ1) is 7.66. The monoisotopic (exact) mass is 215 g/mol. The second-order valence-electron chi connectivity index (χ2n) is 4.41. The topological polar surface area (TPSA) is 29.1 Å². The minimum absolute atomic E-state index is 0.289. The SMILES string of the molecule is Cc1ccc(N/C=C2/CCCC2=O)c(C)c1. The van der Waals surface area contributed by atoms with Crippen LogP contribution in [-0.4, -0.2) is 5.78 Å². The first kappa shape index (κ1) is 10.9. The van der Waals surface area contributed by atoms with Gasteiger partial charge in [0.15, 0.2) is 5.78 Å². The third-order valence-corrected chi connectivity index (χ3v) is 2.99. The summed E-state index contributed by atoms with van der Waals surface area (Å²) in [5, 5.41) is 3.23. The molecule has 84 valence electrons. The van der Waals surface area contributed by atoms with Crippen molar-refractivity contribution in [2.75, 3.05) is 5.32 Å². The van der Waals surface area contributed by atoms with Crippen LogP contribution >= 0.6 is 0 Å². The maximum Gasteiger partial charge on any atom is 0.160 e. The lowest BCUT2D eigenvalue weighted by molar-refractivity contribution is -0.114. The normalized spacial score (nSPS) is 18.1. The number of nitrogens with one attached hydrogen (secondary N) is 1. The van der Waals surface area contributed by atoms with Crippen molar-refractivity contribution in [2.45, 2.75) is 33.1 Å². The number of rotatable bonds is 2. The lowest BCUT2D eigenvalue weighted by atomic mass is 10.1. The molecule has 0 heterocycles. The first-order valence-electron chi connectivity index (χ1n) is 5.73. The van der Waals surface area contributed by atoms with Crippen LogP contribution in [0.25, 0.3) is 0 Å². The number of benzene rings is 1. The highest BCUT2D eigenvalue weighted by Crippen LogP contribution is 2.21. The second kappa shape index (κ2) is 4.52. The molecule has 2 nitrogen and oxygen atoms in total. The highest BCUT2D eigenvalue weighted by atomic mass is 16.1. The Morgan fingerprint density at radius 2 is 2.06 bits per heavy atom. The summed E-state index contributed by atoms with van der Waals surface area (Å²) in [7, 11) is 0. The highest BCUT2D eigenvalue weighted by Gasteiger charge is 2.16. The zero-order valence-electron chi connectivity index (χ0n) is 9.84. The lowest BCUT2D eigenvalue weighted by Crippen LogP contribution is -1.98. The molecule has 0 aromatic heterocycles. The van der Waals surface area contributed by atoms with E-state index in [2.05, 4.69) is 37.4 Å². The van der Waals surface area contributed by atoms with E-state index in [-0.39, 0.29) is 5.78 Å². The number of carbonyl (C=O) groups excluding carboxylic acids is 1. The van der Waals surface area contributed by atoms with Crippen LogP contribution in [0.15, 0.2) is 30.0 Å². The molecule has 0 saturated heterocycles. The van der Waals surface area contributed by atoms with E-state index in [1.165, 1.54) is 11.1 Å². The third-order valence-electron chi connectivity index (χ3n) is 2.99. The van der Waals surface area contributed by atoms with Crippen LogP contribution < -0.4 is 5.32 Å². The van der Waals surface area contributed by atoms with Crippen LogP contribution in [0.1, 0.15) is 30.4 Å². The molecule has 1 N–H and O–H groups in total. The Hall–Kier alpha value is -1.57. The predicted molar refractivity (Wildman–Crippen MR) is 66.5 cm³/mol. The van der Waals surface area contributed by atoms with Crippen LogP contribution in [0.5, 0.6) is 0 Å². The van der Waals surface area contributed by atoms with Crippen LogP contribution in [-0.2, 0) is 4.79 Å². The maximum atomic E-state index is 11.4. The quantitative estimate of drug-likeness (QED) is 0.766. The van der Waals surface area contributed by atoms with E-state index in [0.29, 0.717) is 6.42 Å². The van der Waals surface area contributed by atoms with Crippen LogP contribution in [0, 0.1) is 13.8 Å². The van der Waals surface area contributed by atoms with Gasteiger partial charge in [-0.1, -0.05) is 17.7 Å². The molecule has 0 amide bonds. The summed E-state index contributed by atoms with van der Waals surface area (Å²) in [6.07, 6.45) is 4.49. The van der Waals surface area contributed by atoms with Gasteiger partial charge in [-0.2, -0.15) is 0 Å². The minimum atomic E-state index is 0.289. The lowest BCUT2D eigenvalue weighted by Gasteiger charge is -2.07. The molecule has 1 aliphatic rings. The average Bonchev–Trinajstić information content (AvgIpc) is 2.63. The van der Waals surface area contributed by atoms with Crippen molar-refractivity contribution in [3.05, 3.63) is 41.1 Å². The predicted octanol–water partition coefficient (Wildman–Crippen LogP) is 3.35. The summed E-state index contributed by atoms with van der Waals surface area (Å²) >= 11 is 0. The molecule has 1 aliphatic carbocycles. The highest BCUT2D eigenvalue weighted by molar-refractivity contribution is 5.97. The Morgan fingerprint density at radius 3 is 2.69 bits per heavy atom. The standard InChI is InChI=1S/C14H17NO/c1-10-6-7-13(11(2)8-10)15-9-12-4-3-5-14(12)16/h6-9,15H,3-5H2,1-2H3/b12-9-. The van der Waals surface area contributed by atoms with Crippen LogP contribution in [0.4, 0.5) is 5.69 Å². The summed E-state index contributed by atoms with van der Waals surface area (Å²) in [5.74, 6) is 0.289. The smallest absolute Gasteiger partial charge is 0.160 e. The number of Topliss-reactive ketones (excluding diaryl/α,β-unsaturated/α-hetero) is 1. The minimum Gasteiger partial charge on any atom is -0.361 e. The van der Waals surface area contributed by atoms with Gasteiger partial charge in [0, 0.05) is 23.9 Å². The van der Waals surface area contributed by atoms with Crippen molar-refractivity contribution < 1.29 is 4.79 Å². The van der Waals surface area contributed by atoms with E-state index in [0.717, 1.165) is 24.1 Å². The van der Waals surface area contributed by atoms with Crippen LogP contribution in [0.3, 0.4) is 0 Å². The second-order valence-corrected chi connectivity index (χ2v) is 4.41. The Balaban J connectivity index is 2.12. The van der Waals surface area contributed by atoms with Gasteiger partial charge in [0.1, 0.15) is 0 Å². The van der Waals surface area contributed by atoms with Crippen molar-refractivity contribution in [2.24, 2.45) is 0 Å². The van der Waals surface area contributed by atoms with Gasteiger partial charge < -0.3 is 5.32 Å². The van der Waals surface area contributed by atoms with Gasteiger partial charge in [0.2, 0.25) is 0 Å². The number of allylic oxidation sites excluding steroid dienone is 1. The molecular formula is C14H17NO. The molecule has 1 saturated carbocycles. The molecular weight excluding hydrogens is 198 g/mol. The molecule has 2 rings (SSSR count). The fourth-order valence-electron chi connectivity index (χ4n) is 2.03. The molecule has 0 spiro atoms. The Kier molecular flexibility index (Phi) is 3.09. The Bertz CT molecular complexity index is 446. The zero-order chi connectivity index (χ0) is 11.5.